The molecule has 0 saturated carbocycles. The minimum Gasteiger partial charge on any atom is -0.489 e. The largest absolute Gasteiger partial charge is 0.489 e. The zero-order chi connectivity index (χ0) is 26.9. The second kappa shape index (κ2) is 10.7. The number of anilines is 2. The maximum atomic E-state index is 13.5. The Bertz CT molecular complexity index is 1290. The SMILES string of the molecule is CNC(=O)c1ccc(-c2cc(OC3CCOCC3)c3c(N)n[nH]c3c2)cc1N1CCN(CC(C)(F)F)CC1. The van der Waals surface area contributed by atoms with Gasteiger partial charge in [0.05, 0.1) is 41.9 Å². The van der Waals surface area contributed by atoms with Crippen molar-refractivity contribution in [2.75, 3.05) is 63.6 Å². The molecule has 0 aliphatic carbocycles. The second-order valence-electron chi connectivity index (χ2n) is 10.1. The number of ether oxygens (including phenoxy) is 2. The molecule has 0 unspecified atom stereocenters. The molecule has 2 aliphatic rings. The van der Waals surface area contributed by atoms with Crippen molar-refractivity contribution in [3.05, 3.63) is 35.9 Å². The first kappa shape index (κ1) is 26.2. The summed E-state index contributed by atoms with van der Waals surface area (Å²) in [5.74, 6) is -1.91. The smallest absolute Gasteiger partial charge is 0.257 e. The van der Waals surface area contributed by atoms with E-state index in [1.807, 2.05) is 24.3 Å². The Labute approximate surface area is 220 Å². The van der Waals surface area contributed by atoms with Gasteiger partial charge in [0.1, 0.15) is 11.9 Å². The summed E-state index contributed by atoms with van der Waals surface area (Å²) in [4.78, 5) is 16.6. The Kier molecular flexibility index (Phi) is 7.40. The van der Waals surface area contributed by atoms with Crippen LogP contribution in [0.5, 0.6) is 5.75 Å². The highest BCUT2D eigenvalue weighted by atomic mass is 19.3. The fraction of sp³-hybridized carbons (Fsp3) is 0.481. The molecule has 2 aliphatic heterocycles. The van der Waals surface area contributed by atoms with E-state index in [1.54, 1.807) is 18.0 Å². The molecule has 0 atom stereocenters. The van der Waals surface area contributed by atoms with Gasteiger partial charge in [-0.3, -0.25) is 14.8 Å². The maximum Gasteiger partial charge on any atom is 0.257 e. The van der Waals surface area contributed by atoms with Crippen molar-refractivity contribution in [3.8, 4) is 16.9 Å². The lowest BCUT2D eigenvalue weighted by atomic mass is 9.99. The van der Waals surface area contributed by atoms with Crippen molar-refractivity contribution in [1.29, 1.82) is 0 Å². The minimum atomic E-state index is -2.74. The normalized spacial score (nSPS) is 17.6. The number of nitrogens with zero attached hydrogens (tertiary/aromatic N) is 3. The van der Waals surface area contributed by atoms with E-state index in [4.69, 9.17) is 15.2 Å². The highest BCUT2D eigenvalue weighted by Gasteiger charge is 2.29. The average molecular weight is 529 g/mol. The first-order valence-corrected chi connectivity index (χ1v) is 13.0. The summed E-state index contributed by atoms with van der Waals surface area (Å²) < 4.78 is 38.9. The molecule has 4 N–H and O–H groups in total. The van der Waals surface area contributed by atoms with E-state index in [0.717, 1.165) is 47.5 Å². The summed E-state index contributed by atoms with van der Waals surface area (Å²) in [7, 11) is 1.60. The molecular weight excluding hydrogens is 494 g/mol. The lowest BCUT2D eigenvalue weighted by molar-refractivity contribution is -0.0155. The van der Waals surface area contributed by atoms with Crippen LogP contribution in [0.3, 0.4) is 0 Å². The number of piperazine rings is 1. The van der Waals surface area contributed by atoms with Crippen molar-refractivity contribution in [2.45, 2.75) is 31.8 Å². The van der Waals surface area contributed by atoms with E-state index >= 15 is 0 Å². The van der Waals surface area contributed by atoms with E-state index in [1.165, 1.54) is 0 Å². The molecule has 2 saturated heterocycles. The molecule has 0 radical (unpaired) electrons. The first-order valence-electron chi connectivity index (χ1n) is 13.0. The molecule has 2 fully saturated rings. The number of hydrogen-bond donors (Lipinski definition) is 3. The van der Waals surface area contributed by atoms with Gasteiger partial charge in [-0.15, -0.1) is 0 Å². The second-order valence-corrected chi connectivity index (χ2v) is 10.1. The quantitative estimate of drug-likeness (QED) is 0.431. The molecule has 11 heteroatoms. The predicted molar refractivity (Wildman–Crippen MR) is 143 cm³/mol. The fourth-order valence-corrected chi connectivity index (χ4v) is 5.22. The van der Waals surface area contributed by atoms with Crippen LogP contribution in [0.1, 0.15) is 30.1 Å². The number of nitrogens with two attached hydrogens (primary N) is 1. The molecule has 0 bridgehead atoms. The van der Waals surface area contributed by atoms with Crippen molar-refractivity contribution in [3.63, 3.8) is 0 Å². The highest BCUT2D eigenvalue weighted by Crippen LogP contribution is 2.38. The summed E-state index contributed by atoms with van der Waals surface area (Å²) in [6.07, 6.45) is 1.61. The lowest BCUT2D eigenvalue weighted by Gasteiger charge is -2.37. The van der Waals surface area contributed by atoms with Crippen LogP contribution in [-0.2, 0) is 4.74 Å². The Balaban J connectivity index is 1.48. The van der Waals surface area contributed by atoms with Gasteiger partial charge in [0.2, 0.25) is 0 Å². The molecule has 3 aromatic rings. The Morgan fingerprint density at radius 3 is 2.61 bits per heavy atom. The minimum absolute atomic E-state index is 0.0227. The van der Waals surface area contributed by atoms with E-state index in [-0.39, 0.29) is 18.6 Å². The number of carbonyl (C=O) groups is 1. The molecule has 1 amide bonds. The van der Waals surface area contributed by atoms with Crippen LogP contribution in [0, 0.1) is 0 Å². The topological polar surface area (TPSA) is 109 Å². The van der Waals surface area contributed by atoms with Crippen LogP contribution < -0.4 is 20.7 Å². The van der Waals surface area contributed by atoms with Gasteiger partial charge in [-0.25, -0.2) is 8.78 Å². The number of nitrogen functional groups attached to an aromatic ring is 1. The summed E-state index contributed by atoms with van der Waals surface area (Å²) in [5.41, 5.74) is 10.00. The Morgan fingerprint density at radius 2 is 1.92 bits per heavy atom. The summed E-state index contributed by atoms with van der Waals surface area (Å²) in [6.45, 7) is 4.04. The number of carbonyl (C=O) groups excluding carboxylic acids is 1. The molecule has 2 aromatic carbocycles. The molecular formula is C27H34F2N6O3. The number of H-pyrrole nitrogens is 1. The van der Waals surface area contributed by atoms with Crippen LogP contribution >= 0.6 is 0 Å². The van der Waals surface area contributed by atoms with Crippen LogP contribution in [0.25, 0.3) is 22.0 Å². The Morgan fingerprint density at radius 1 is 1.18 bits per heavy atom. The van der Waals surface area contributed by atoms with E-state index < -0.39 is 5.92 Å². The third-order valence-electron chi connectivity index (χ3n) is 7.13. The molecule has 5 rings (SSSR count). The standard InChI is InChI=1S/C27H34F2N6O3/c1-27(28,29)16-34-7-9-35(10-8-34)22-14-17(3-4-20(22)26(36)31-2)18-13-21-24(25(30)33-32-21)23(15-18)38-19-5-11-37-12-6-19/h3-4,13-15,19H,5-12,16H2,1-2H3,(H,31,36)(H3,30,32,33). The van der Waals surface area contributed by atoms with Gasteiger partial charge in [-0.05, 0) is 35.4 Å². The average Bonchev–Trinajstić information content (AvgIpc) is 3.29. The molecule has 1 aromatic heterocycles. The molecule has 3 heterocycles. The van der Waals surface area contributed by atoms with Crippen molar-refractivity contribution >= 4 is 28.3 Å². The van der Waals surface area contributed by atoms with Gasteiger partial charge in [-0.2, -0.15) is 5.10 Å². The van der Waals surface area contributed by atoms with Crippen molar-refractivity contribution in [1.82, 2.24) is 20.4 Å². The van der Waals surface area contributed by atoms with Crippen LogP contribution in [0.15, 0.2) is 30.3 Å². The predicted octanol–water partition coefficient (Wildman–Crippen LogP) is 3.51. The lowest BCUT2D eigenvalue weighted by Crippen LogP contribution is -2.49. The van der Waals surface area contributed by atoms with Crippen LogP contribution in [0.2, 0.25) is 0 Å². The van der Waals surface area contributed by atoms with Gasteiger partial charge in [-0.1, -0.05) is 6.07 Å². The number of amides is 1. The number of halogens is 2. The van der Waals surface area contributed by atoms with Gasteiger partial charge in [0, 0.05) is 53.0 Å². The van der Waals surface area contributed by atoms with Crippen molar-refractivity contribution in [2.24, 2.45) is 0 Å². The van der Waals surface area contributed by atoms with Gasteiger partial charge in [0.25, 0.3) is 11.8 Å². The summed E-state index contributed by atoms with van der Waals surface area (Å²) in [5, 5.41) is 10.6. The number of fused-ring (bicyclic) bond motifs is 1. The van der Waals surface area contributed by atoms with E-state index in [9.17, 15) is 13.6 Å². The van der Waals surface area contributed by atoms with Gasteiger partial charge >= 0.3 is 0 Å². The number of hydrogen-bond acceptors (Lipinski definition) is 7. The number of benzene rings is 2. The monoisotopic (exact) mass is 528 g/mol. The number of aromatic amines is 1. The highest BCUT2D eigenvalue weighted by molar-refractivity contribution is 6.01. The number of alkyl halides is 2. The Hall–Kier alpha value is -3.44. The van der Waals surface area contributed by atoms with Crippen LogP contribution in [0.4, 0.5) is 20.3 Å². The molecule has 0 spiro atoms. The first-order chi connectivity index (χ1) is 18.2. The maximum absolute atomic E-state index is 13.5. The van der Waals surface area contributed by atoms with Gasteiger partial charge < -0.3 is 25.4 Å². The zero-order valence-corrected chi connectivity index (χ0v) is 21.7. The molecule has 9 nitrogen and oxygen atoms in total. The molecule has 38 heavy (non-hydrogen) atoms. The number of aromatic nitrogens is 2. The number of nitrogens with one attached hydrogen (secondary N) is 2. The third-order valence-corrected chi connectivity index (χ3v) is 7.13. The fourth-order valence-electron chi connectivity index (χ4n) is 5.22. The van der Waals surface area contributed by atoms with Crippen LogP contribution in [-0.4, -0.2) is 86.0 Å². The summed E-state index contributed by atoms with van der Waals surface area (Å²) in [6, 6.07) is 9.62. The molecule has 204 valence electrons. The number of rotatable bonds is 7. The van der Waals surface area contributed by atoms with Crippen molar-refractivity contribution < 1.29 is 23.0 Å². The van der Waals surface area contributed by atoms with Gasteiger partial charge in [0.15, 0.2) is 5.82 Å². The zero-order valence-electron chi connectivity index (χ0n) is 21.7. The third kappa shape index (κ3) is 5.68. The van der Waals surface area contributed by atoms with E-state index in [2.05, 4.69) is 20.4 Å². The van der Waals surface area contributed by atoms with E-state index in [0.29, 0.717) is 56.5 Å². The summed E-state index contributed by atoms with van der Waals surface area (Å²) >= 11 is 0.